The van der Waals surface area contributed by atoms with Gasteiger partial charge in [0, 0.05) is 0 Å². The fourth-order valence-corrected chi connectivity index (χ4v) is 1.80. The summed E-state index contributed by atoms with van der Waals surface area (Å²) in [6, 6.07) is 4.64. The first-order valence-electron chi connectivity index (χ1n) is 3.64. The maximum Gasteiger partial charge on any atom is 1.00 e. The predicted molar refractivity (Wildman–Crippen MR) is 49.2 cm³/mol. The fourth-order valence-electron chi connectivity index (χ4n) is 1.03. The largest absolute Gasteiger partial charge is 1.00 e. The molecule has 0 aliphatic carbocycles. The van der Waals surface area contributed by atoms with Gasteiger partial charge in [0.1, 0.15) is 10.1 Å². The SMILES string of the molecule is C=Cc1ccc(C)cc1S(=O)(=O)[O-].[Na+]. The summed E-state index contributed by atoms with van der Waals surface area (Å²) in [5.74, 6) is 0. The molecule has 5 heteroatoms. The predicted octanol–water partition coefficient (Wildman–Crippen LogP) is -1.45. The Morgan fingerprint density at radius 2 is 2.00 bits per heavy atom. The van der Waals surface area contributed by atoms with Gasteiger partial charge >= 0.3 is 29.6 Å². The molecular weight excluding hydrogens is 211 g/mol. The number of benzene rings is 1. The molecular formula is C9H9NaO3S. The Morgan fingerprint density at radius 1 is 1.43 bits per heavy atom. The van der Waals surface area contributed by atoms with E-state index in [0.717, 1.165) is 5.56 Å². The van der Waals surface area contributed by atoms with E-state index in [0.29, 0.717) is 5.56 Å². The van der Waals surface area contributed by atoms with Crippen molar-refractivity contribution in [1.82, 2.24) is 0 Å². The van der Waals surface area contributed by atoms with Gasteiger partial charge in [-0.15, -0.1) is 0 Å². The Balaban J connectivity index is 0.00000169. The van der Waals surface area contributed by atoms with Crippen LogP contribution in [0.4, 0.5) is 0 Å². The minimum Gasteiger partial charge on any atom is -0.744 e. The van der Waals surface area contributed by atoms with Gasteiger partial charge in [-0.25, -0.2) is 8.42 Å². The molecule has 0 aliphatic heterocycles. The van der Waals surface area contributed by atoms with E-state index in [-0.39, 0.29) is 34.5 Å². The summed E-state index contributed by atoms with van der Waals surface area (Å²) in [6.07, 6.45) is 1.35. The van der Waals surface area contributed by atoms with Crippen molar-refractivity contribution in [2.75, 3.05) is 0 Å². The maximum absolute atomic E-state index is 10.8. The molecule has 0 spiro atoms. The summed E-state index contributed by atoms with van der Waals surface area (Å²) in [5.41, 5.74) is 1.08. The molecule has 0 saturated heterocycles. The van der Waals surface area contributed by atoms with E-state index in [9.17, 15) is 13.0 Å². The molecule has 0 bridgehead atoms. The van der Waals surface area contributed by atoms with Gasteiger partial charge in [0.2, 0.25) is 0 Å². The van der Waals surface area contributed by atoms with Gasteiger partial charge in [0.15, 0.2) is 0 Å². The van der Waals surface area contributed by atoms with Crippen molar-refractivity contribution in [2.24, 2.45) is 0 Å². The quantitative estimate of drug-likeness (QED) is 0.452. The summed E-state index contributed by atoms with van der Waals surface area (Å²) < 4.78 is 32.3. The molecule has 1 aromatic rings. The Morgan fingerprint density at radius 3 is 2.43 bits per heavy atom. The smallest absolute Gasteiger partial charge is 0.744 e. The molecule has 0 atom stereocenters. The topological polar surface area (TPSA) is 57.2 Å². The van der Waals surface area contributed by atoms with Crippen molar-refractivity contribution in [3.05, 3.63) is 35.9 Å². The standard InChI is InChI=1S/C9H10O3S.Na/c1-3-8-5-4-7(2)6-9(8)13(10,11)12;/h3-6H,1H2,2H3,(H,10,11,12);/q;+1/p-1. The Hall–Kier alpha value is -0.130. The zero-order valence-corrected chi connectivity index (χ0v) is 11.0. The minimum atomic E-state index is -4.39. The van der Waals surface area contributed by atoms with Gasteiger partial charge in [-0.2, -0.15) is 0 Å². The number of rotatable bonds is 2. The zero-order valence-electron chi connectivity index (χ0n) is 8.15. The second-order valence-electron chi connectivity index (χ2n) is 2.70. The van der Waals surface area contributed by atoms with Gasteiger partial charge in [-0.1, -0.05) is 24.8 Å². The molecule has 0 unspecified atom stereocenters. The summed E-state index contributed by atoms with van der Waals surface area (Å²) in [7, 11) is -4.39. The van der Waals surface area contributed by atoms with Crippen LogP contribution in [-0.2, 0) is 10.1 Å². The average molecular weight is 220 g/mol. The van der Waals surface area contributed by atoms with E-state index in [1.807, 2.05) is 0 Å². The van der Waals surface area contributed by atoms with Crippen molar-refractivity contribution in [3.8, 4) is 0 Å². The Kier molecular flexibility index (Phi) is 5.05. The van der Waals surface area contributed by atoms with Crippen LogP contribution in [0.2, 0.25) is 0 Å². The second-order valence-corrected chi connectivity index (χ2v) is 4.05. The van der Waals surface area contributed by atoms with Gasteiger partial charge in [-0.05, 0) is 24.1 Å². The molecule has 3 nitrogen and oxygen atoms in total. The van der Waals surface area contributed by atoms with Crippen molar-refractivity contribution >= 4 is 16.2 Å². The number of hydrogen-bond donors (Lipinski definition) is 0. The normalized spacial score (nSPS) is 10.4. The van der Waals surface area contributed by atoms with Crippen LogP contribution < -0.4 is 29.6 Å². The first kappa shape index (κ1) is 13.9. The van der Waals surface area contributed by atoms with Crippen LogP contribution in [0.15, 0.2) is 29.7 Å². The van der Waals surface area contributed by atoms with E-state index in [4.69, 9.17) is 0 Å². The summed E-state index contributed by atoms with van der Waals surface area (Å²) in [5, 5.41) is 0. The van der Waals surface area contributed by atoms with Crippen LogP contribution in [0.25, 0.3) is 6.08 Å². The molecule has 0 aromatic heterocycles. The Bertz CT molecular complexity index is 437. The van der Waals surface area contributed by atoms with Crippen LogP contribution in [0.3, 0.4) is 0 Å². The van der Waals surface area contributed by atoms with E-state index < -0.39 is 10.1 Å². The first-order valence-corrected chi connectivity index (χ1v) is 5.05. The molecule has 0 heterocycles. The third kappa shape index (κ3) is 3.22. The molecule has 14 heavy (non-hydrogen) atoms. The molecule has 70 valence electrons. The Labute approximate surface area is 106 Å². The average Bonchev–Trinajstić information content (AvgIpc) is 2.03. The molecule has 0 saturated carbocycles. The molecule has 0 fully saturated rings. The molecule has 0 N–H and O–H groups in total. The van der Waals surface area contributed by atoms with E-state index in [1.54, 1.807) is 19.1 Å². The molecule has 1 rings (SSSR count). The van der Waals surface area contributed by atoms with Crippen molar-refractivity contribution in [1.29, 1.82) is 0 Å². The number of aryl methyl sites for hydroxylation is 1. The monoisotopic (exact) mass is 220 g/mol. The second kappa shape index (κ2) is 5.09. The molecule has 1 aromatic carbocycles. The third-order valence-corrected chi connectivity index (χ3v) is 2.55. The van der Waals surface area contributed by atoms with E-state index in [2.05, 4.69) is 6.58 Å². The van der Waals surface area contributed by atoms with E-state index >= 15 is 0 Å². The van der Waals surface area contributed by atoms with Crippen LogP contribution in [0.1, 0.15) is 11.1 Å². The van der Waals surface area contributed by atoms with Crippen LogP contribution in [-0.4, -0.2) is 13.0 Å². The molecule has 0 aliphatic rings. The molecule has 0 radical (unpaired) electrons. The van der Waals surface area contributed by atoms with Gasteiger partial charge in [0.25, 0.3) is 0 Å². The van der Waals surface area contributed by atoms with Gasteiger partial charge < -0.3 is 4.55 Å². The van der Waals surface area contributed by atoms with Crippen molar-refractivity contribution < 1.29 is 42.5 Å². The van der Waals surface area contributed by atoms with Crippen molar-refractivity contribution in [2.45, 2.75) is 11.8 Å². The fraction of sp³-hybridized carbons (Fsp3) is 0.111. The van der Waals surface area contributed by atoms with Crippen LogP contribution in [0, 0.1) is 6.92 Å². The third-order valence-electron chi connectivity index (χ3n) is 1.66. The summed E-state index contributed by atoms with van der Waals surface area (Å²) in [6.45, 7) is 5.16. The minimum absolute atomic E-state index is 0. The van der Waals surface area contributed by atoms with Gasteiger partial charge in [-0.3, -0.25) is 0 Å². The summed E-state index contributed by atoms with van der Waals surface area (Å²) >= 11 is 0. The van der Waals surface area contributed by atoms with Gasteiger partial charge in [0.05, 0.1) is 4.90 Å². The maximum atomic E-state index is 10.8. The van der Waals surface area contributed by atoms with Crippen molar-refractivity contribution in [3.63, 3.8) is 0 Å². The zero-order chi connectivity index (χ0) is 10.1. The summed E-state index contributed by atoms with van der Waals surface area (Å²) in [4.78, 5) is -0.206. The van der Waals surface area contributed by atoms with E-state index in [1.165, 1.54) is 12.1 Å². The molecule has 0 amide bonds. The number of hydrogen-bond acceptors (Lipinski definition) is 3. The first-order chi connectivity index (χ1) is 5.95. The van der Waals surface area contributed by atoms with Crippen LogP contribution in [0.5, 0.6) is 0 Å². The van der Waals surface area contributed by atoms with Crippen LogP contribution >= 0.6 is 0 Å².